The molecule has 0 N–H and O–H groups in total. The molecular weight excluding hydrogens is 494 g/mol. The number of rotatable bonds is 7. The molecule has 6 aromatic rings. The quantitative estimate of drug-likeness (QED) is 0.197. The van der Waals surface area contributed by atoms with Gasteiger partial charge >= 0.3 is 5.63 Å². The number of fused-ring (bicyclic) bond motifs is 1. The summed E-state index contributed by atoms with van der Waals surface area (Å²) < 4.78 is 7.96. The van der Waals surface area contributed by atoms with Crippen LogP contribution >= 0.6 is 0 Å². The predicted octanol–water partition coefficient (Wildman–Crippen LogP) is 8.13. The van der Waals surface area contributed by atoms with Gasteiger partial charge < -0.3 is 9.32 Å². The van der Waals surface area contributed by atoms with Gasteiger partial charge in [0.05, 0.1) is 17.0 Å². The molecule has 4 aromatic carbocycles. The van der Waals surface area contributed by atoms with Crippen LogP contribution in [0.4, 0.5) is 5.69 Å². The van der Waals surface area contributed by atoms with Crippen LogP contribution in [-0.4, -0.2) is 22.6 Å². The fourth-order valence-corrected chi connectivity index (χ4v) is 5.48. The molecule has 5 heteroatoms. The highest BCUT2D eigenvalue weighted by Gasteiger charge is 2.18. The van der Waals surface area contributed by atoms with E-state index in [0.717, 1.165) is 63.5 Å². The van der Waals surface area contributed by atoms with Crippen LogP contribution in [0.1, 0.15) is 19.4 Å². The Labute approximate surface area is 234 Å². The highest BCUT2D eigenvalue weighted by atomic mass is 16.4. The van der Waals surface area contributed by atoms with Crippen molar-refractivity contribution < 1.29 is 4.42 Å². The second-order valence-corrected chi connectivity index (χ2v) is 9.83. The first-order chi connectivity index (χ1) is 19.6. The van der Waals surface area contributed by atoms with Crippen molar-refractivity contribution in [3.63, 3.8) is 0 Å². The number of hydrogen-bond donors (Lipinski definition) is 0. The highest BCUT2D eigenvalue weighted by molar-refractivity contribution is 5.89. The van der Waals surface area contributed by atoms with Gasteiger partial charge in [-0.15, -0.1) is 0 Å². The second-order valence-electron chi connectivity index (χ2n) is 9.83. The van der Waals surface area contributed by atoms with Crippen molar-refractivity contribution >= 4 is 16.7 Å². The maximum atomic E-state index is 13.2. The molecular formula is C35H31N3O2. The molecule has 2 heterocycles. The number of aryl methyl sites for hydroxylation is 1. The first kappa shape index (κ1) is 25.4. The Bertz CT molecular complexity index is 1830. The van der Waals surface area contributed by atoms with Crippen molar-refractivity contribution in [3.05, 3.63) is 125 Å². The number of benzene rings is 4. The first-order valence-electron chi connectivity index (χ1n) is 13.7. The third-order valence-corrected chi connectivity index (χ3v) is 7.58. The molecule has 2 aromatic heterocycles. The summed E-state index contributed by atoms with van der Waals surface area (Å²) in [4.78, 5) is 20.3. The summed E-state index contributed by atoms with van der Waals surface area (Å²) >= 11 is 0. The van der Waals surface area contributed by atoms with Gasteiger partial charge in [-0.3, -0.25) is 4.57 Å². The molecule has 0 radical (unpaired) electrons. The summed E-state index contributed by atoms with van der Waals surface area (Å²) in [5.41, 5.74) is 8.73. The number of imidazole rings is 1. The van der Waals surface area contributed by atoms with Gasteiger partial charge in [-0.1, -0.05) is 72.8 Å². The van der Waals surface area contributed by atoms with Crippen LogP contribution in [0, 0.1) is 6.92 Å². The smallest absolute Gasteiger partial charge is 0.344 e. The Morgan fingerprint density at radius 2 is 1.43 bits per heavy atom. The van der Waals surface area contributed by atoms with Crippen LogP contribution in [0.5, 0.6) is 0 Å². The van der Waals surface area contributed by atoms with E-state index >= 15 is 0 Å². The molecule has 198 valence electrons. The van der Waals surface area contributed by atoms with Gasteiger partial charge in [0.15, 0.2) is 0 Å². The lowest BCUT2D eigenvalue weighted by Crippen LogP contribution is -2.21. The van der Waals surface area contributed by atoms with E-state index in [0.29, 0.717) is 11.1 Å². The third kappa shape index (κ3) is 4.50. The topological polar surface area (TPSA) is 51.3 Å². The van der Waals surface area contributed by atoms with Gasteiger partial charge in [0.25, 0.3) is 0 Å². The molecule has 5 nitrogen and oxygen atoms in total. The summed E-state index contributed by atoms with van der Waals surface area (Å²) in [7, 11) is 0. The van der Waals surface area contributed by atoms with Gasteiger partial charge in [-0.25, -0.2) is 9.78 Å². The number of hydrogen-bond acceptors (Lipinski definition) is 4. The average Bonchev–Trinajstić information content (AvgIpc) is 3.44. The number of anilines is 1. The Balaban J connectivity index is 1.42. The largest absolute Gasteiger partial charge is 0.422 e. The number of aromatic nitrogens is 2. The van der Waals surface area contributed by atoms with Gasteiger partial charge in [0.2, 0.25) is 0 Å². The Hall–Kier alpha value is -4.90. The number of nitrogens with zero attached hydrogens (tertiary/aromatic N) is 3. The summed E-state index contributed by atoms with van der Waals surface area (Å²) in [6, 6.07) is 34.7. The van der Waals surface area contributed by atoms with Gasteiger partial charge in [-0.2, -0.15) is 0 Å². The van der Waals surface area contributed by atoms with E-state index in [1.165, 1.54) is 0 Å². The fourth-order valence-electron chi connectivity index (χ4n) is 5.48. The van der Waals surface area contributed by atoms with Gasteiger partial charge in [0, 0.05) is 47.0 Å². The molecule has 0 amide bonds. The van der Waals surface area contributed by atoms with Crippen molar-refractivity contribution in [2.45, 2.75) is 20.8 Å². The summed E-state index contributed by atoms with van der Waals surface area (Å²) in [6.07, 6.45) is 1.86. The zero-order valence-corrected chi connectivity index (χ0v) is 23.0. The van der Waals surface area contributed by atoms with E-state index in [-0.39, 0.29) is 5.63 Å². The summed E-state index contributed by atoms with van der Waals surface area (Å²) in [5, 5.41) is 0.947. The molecule has 0 aliphatic rings. The van der Waals surface area contributed by atoms with Crippen LogP contribution < -0.4 is 10.5 Å². The Kier molecular flexibility index (Phi) is 6.79. The monoisotopic (exact) mass is 525 g/mol. The van der Waals surface area contributed by atoms with Crippen LogP contribution in [0.25, 0.3) is 50.3 Å². The molecule has 0 bridgehead atoms. The van der Waals surface area contributed by atoms with E-state index < -0.39 is 0 Å². The van der Waals surface area contributed by atoms with E-state index in [4.69, 9.17) is 9.40 Å². The van der Waals surface area contributed by atoms with Crippen molar-refractivity contribution in [1.82, 2.24) is 9.55 Å². The summed E-state index contributed by atoms with van der Waals surface area (Å²) in [6.45, 7) is 8.03. The molecule has 40 heavy (non-hydrogen) atoms. The first-order valence-corrected chi connectivity index (χ1v) is 13.7. The van der Waals surface area contributed by atoms with Crippen molar-refractivity contribution in [2.75, 3.05) is 18.0 Å². The average molecular weight is 526 g/mol. The van der Waals surface area contributed by atoms with Crippen LogP contribution in [0.15, 0.2) is 119 Å². The van der Waals surface area contributed by atoms with Gasteiger partial charge in [-0.05, 0) is 56.2 Å². The minimum absolute atomic E-state index is 0.326. The zero-order valence-electron chi connectivity index (χ0n) is 23.0. The van der Waals surface area contributed by atoms with Gasteiger partial charge in [0.1, 0.15) is 11.9 Å². The van der Waals surface area contributed by atoms with Crippen molar-refractivity contribution in [3.8, 4) is 39.3 Å². The van der Waals surface area contributed by atoms with Crippen LogP contribution in [-0.2, 0) is 0 Å². The molecule has 0 unspecified atom stereocenters. The Morgan fingerprint density at radius 3 is 2.08 bits per heavy atom. The van der Waals surface area contributed by atoms with Crippen molar-refractivity contribution in [2.24, 2.45) is 0 Å². The molecule has 0 aliphatic carbocycles. The lowest BCUT2D eigenvalue weighted by Gasteiger charge is -2.21. The second kappa shape index (κ2) is 10.7. The molecule has 0 fully saturated rings. The SMILES string of the molecule is CCN(CC)c1ccc2c(C)c(-c3ccc(-n4cnc(-c5ccccc5)c4-c4ccccc4)cc3)c(=O)oc2c1. The third-order valence-electron chi connectivity index (χ3n) is 7.58. The Morgan fingerprint density at radius 1 is 0.775 bits per heavy atom. The molecule has 0 saturated heterocycles. The molecule has 0 saturated carbocycles. The molecule has 0 spiro atoms. The summed E-state index contributed by atoms with van der Waals surface area (Å²) in [5.74, 6) is 0. The fraction of sp³-hybridized carbons (Fsp3) is 0.143. The van der Waals surface area contributed by atoms with Crippen LogP contribution in [0.2, 0.25) is 0 Å². The lowest BCUT2D eigenvalue weighted by molar-refractivity contribution is 0.562. The van der Waals surface area contributed by atoms with E-state index in [9.17, 15) is 4.79 Å². The molecule has 0 atom stereocenters. The molecule has 0 aliphatic heterocycles. The minimum Gasteiger partial charge on any atom is -0.422 e. The van der Waals surface area contributed by atoms with Crippen molar-refractivity contribution in [1.29, 1.82) is 0 Å². The lowest BCUT2D eigenvalue weighted by atomic mass is 9.99. The maximum Gasteiger partial charge on any atom is 0.344 e. The minimum atomic E-state index is -0.326. The van der Waals surface area contributed by atoms with E-state index in [2.05, 4.69) is 59.7 Å². The zero-order chi connectivity index (χ0) is 27.6. The predicted molar refractivity (Wildman–Crippen MR) is 164 cm³/mol. The molecule has 6 rings (SSSR count). The van der Waals surface area contributed by atoms with E-state index in [1.54, 1.807) is 0 Å². The normalized spacial score (nSPS) is 11.2. The maximum absolute atomic E-state index is 13.2. The van der Waals surface area contributed by atoms with E-state index in [1.807, 2.05) is 80.0 Å². The van der Waals surface area contributed by atoms with Crippen LogP contribution in [0.3, 0.4) is 0 Å². The standard InChI is InChI=1S/C35H31N3O2/c1-4-37(5-2)29-20-21-30-24(3)32(35(39)40-31(30)22-29)25-16-18-28(19-17-25)38-23-36-33(26-12-8-6-9-13-26)34(38)27-14-10-7-11-15-27/h6-23H,4-5H2,1-3H3. The highest BCUT2D eigenvalue weighted by Crippen LogP contribution is 2.34.